The van der Waals surface area contributed by atoms with Crippen molar-refractivity contribution in [1.29, 1.82) is 0 Å². The second-order valence-electron chi connectivity index (χ2n) is 4.24. The zero-order valence-corrected chi connectivity index (χ0v) is 11.1. The van der Waals surface area contributed by atoms with Gasteiger partial charge in [-0.1, -0.05) is 0 Å². The Kier molecular flexibility index (Phi) is 4.27. The highest BCUT2D eigenvalue weighted by Crippen LogP contribution is 2.30. The van der Waals surface area contributed by atoms with Gasteiger partial charge in [0.25, 0.3) is 5.56 Å². The Hall–Kier alpha value is -1.57. The van der Waals surface area contributed by atoms with E-state index in [9.17, 15) is 23.1 Å². The molecule has 1 fully saturated rings. The highest BCUT2D eigenvalue weighted by atomic mass is 32.3. The molecule has 0 bridgehead atoms. The number of ether oxygens (including phenoxy) is 1. The van der Waals surface area contributed by atoms with Gasteiger partial charge in [-0.25, -0.2) is 8.98 Å². The highest BCUT2D eigenvalue weighted by Gasteiger charge is 2.47. The predicted molar refractivity (Wildman–Crippen MR) is 64.7 cm³/mol. The van der Waals surface area contributed by atoms with Gasteiger partial charge in [-0.05, 0) is 0 Å². The molecule has 0 amide bonds. The summed E-state index contributed by atoms with van der Waals surface area (Å²) in [6.07, 6.45) is -4.98. The van der Waals surface area contributed by atoms with Crippen LogP contribution in [0.1, 0.15) is 6.23 Å². The van der Waals surface area contributed by atoms with E-state index in [2.05, 4.69) is 4.18 Å². The molecule has 1 saturated heterocycles. The van der Waals surface area contributed by atoms with Gasteiger partial charge >= 0.3 is 16.1 Å². The van der Waals surface area contributed by atoms with Crippen molar-refractivity contribution in [2.75, 3.05) is 6.61 Å². The van der Waals surface area contributed by atoms with Crippen molar-refractivity contribution in [3.63, 3.8) is 0 Å². The SMILES string of the molecule is O=c1ccn([C@@H]2O[C@H](CO)C(OS(=O)(=O)O)[C@@H]2O)c(=O)[nH]1. The third kappa shape index (κ3) is 3.37. The molecule has 0 radical (unpaired) electrons. The first kappa shape index (κ1) is 15.8. The normalized spacial score (nSPS) is 29.7. The summed E-state index contributed by atoms with van der Waals surface area (Å²) in [6.45, 7) is -0.730. The molecule has 0 aliphatic carbocycles. The first-order valence-corrected chi connectivity index (χ1v) is 7.01. The fourth-order valence-electron chi connectivity index (χ4n) is 1.98. The lowest BCUT2D eigenvalue weighted by Crippen LogP contribution is -2.39. The number of hydrogen-bond acceptors (Lipinski definition) is 8. The maximum atomic E-state index is 11.6. The van der Waals surface area contributed by atoms with Gasteiger partial charge in [0, 0.05) is 12.3 Å². The Bertz CT molecular complexity index is 723. The van der Waals surface area contributed by atoms with Gasteiger partial charge in [0.15, 0.2) is 6.23 Å². The van der Waals surface area contributed by atoms with Crippen molar-refractivity contribution in [2.45, 2.75) is 24.5 Å². The first-order valence-electron chi connectivity index (χ1n) is 5.64. The van der Waals surface area contributed by atoms with Crippen LogP contribution in [0.2, 0.25) is 0 Å². The van der Waals surface area contributed by atoms with Gasteiger partial charge in [-0.2, -0.15) is 8.42 Å². The number of aromatic amines is 1. The van der Waals surface area contributed by atoms with Crippen molar-refractivity contribution in [1.82, 2.24) is 9.55 Å². The van der Waals surface area contributed by atoms with Gasteiger partial charge < -0.3 is 14.9 Å². The average molecular weight is 324 g/mol. The summed E-state index contributed by atoms with van der Waals surface area (Å²) in [7, 11) is -4.90. The smallest absolute Gasteiger partial charge is 0.394 e. The molecule has 0 saturated carbocycles. The third-order valence-electron chi connectivity index (χ3n) is 2.85. The van der Waals surface area contributed by atoms with E-state index in [4.69, 9.17) is 14.4 Å². The van der Waals surface area contributed by atoms with Crippen molar-refractivity contribution in [3.05, 3.63) is 33.1 Å². The van der Waals surface area contributed by atoms with E-state index >= 15 is 0 Å². The molecule has 2 rings (SSSR count). The molecule has 1 aromatic heterocycles. The van der Waals surface area contributed by atoms with Gasteiger partial charge in [0.2, 0.25) is 0 Å². The van der Waals surface area contributed by atoms with Crippen LogP contribution in [0, 0.1) is 0 Å². The minimum atomic E-state index is -4.90. The Labute approximate surface area is 117 Å². The largest absolute Gasteiger partial charge is 0.397 e. The first-order chi connectivity index (χ1) is 9.73. The summed E-state index contributed by atoms with van der Waals surface area (Å²) >= 11 is 0. The number of rotatable bonds is 4. The minimum absolute atomic E-state index is 0.673. The standard InChI is InChI=1S/C9H12N2O9S/c12-3-4-7(20-21(16,17)18)6(14)8(19-4)11-2-1-5(13)10-9(11)15/h1-2,4,6-8,12,14H,3H2,(H,10,13,15)(H,16,17,18)/t4-,6+,7?,8-/m1/s1. The number of aromatic nitrogens is 2. The minimum Gasteiger partial charge on any atom is -0.394 e. The van der Waals surface area contributed by atoms with Crippen LogP contribution in [-0.2, 0) is 19.3 Å². The van der Waals surface area contributed by atoms with Crippen molar-refractivity contribution < 1.29 is 32.1 Å². The molecule has 12 heteroatoms. The molecule has 4 N–H and O–H groups in total. The summed E-state index contributed by atoms with van der Waals surface area (Å²) < 4.78 is 40.2. The van der Waals surface area contributed by atoms with E-state index in [-0.39, 0.29) is 0 Å². The van der Waals surface area contributed by atoms with E-state index in [1.807, 2.05) is 4.98 Å². The maximum Gasteiger partial charge on any atom is 0.397 e. The van der Waals surface area contributed by atoms with E-state index in [1.165, 1.54) is 0 Å². The Morgan fingerprint density at radius 3 is 2.62 bits per heavy atom. The number of hydrogen-bond donors (Lipinski definition) is 4. The van der Waals surface area contributed by atoms with Crippen LogP contribution in [0.4, 0.5) is 0 Å². The Balaban J connectivity index is 2.35. The Morgan fingerprint density at radius 2 is 2.10 bits per heavy atom. The molecular weight excluding hydrogens is 312 g/mol. The molecular formula is C9H12N2O9S. The molecule has 21 heavy (non-hydrogen) atoms. The average Bonchev–Trinajstić information content (AvgIpc) is 2.65. The van der Waals surface area contributed by atoms with Crippen LogP contribution in [0.5, 0.6) is 0 Å². The zero-order chi connectivity index (χ0) is 15.8. The summed E-state index contributed by atoms with van der Waals surface area (Å²) in [5.74, 6) is 0. The van der Waals surface area contributed by atoms with Crippen molar-refractivity contribution in [3.8, 4) is 0 Å². The second-order valence-corrected chi connectivity index (χ2v) is 5.29. The summed E-state index contributed by atoms with van der Waals surface area (Å²) in [6, 6.07) is 0.988. The molecule has 1 aromatic rings. The number of nitrogens with zero attached hydrogens (tertiary/aromatic N) is 1. The lowest BCUT2D eigenvalue weighted by atomic mass is 10.1. The monoisotopic (exact) mass is 324 g/mol. The lowest BCUT2D eigenvalue weighted by Gasteiger charge is -2.18. The van der Waals surface area contributed by atoms with Gasteiger partial charge in [-0.15, -0.1) is 0 Å². The van der Waals surface area contributed by atoms with Crippen LogP contribution in [0.25, 0.3) is 0 Å². The molecule has 11 nitrogen and oxygen atoms in total. The van der Waals surface area contributed by atoms with Crippen molar-refractivity contribution >= 4 is 10.4 Å². The summed E-state index contributed by atoms with van der Waals surface area (Å²) in [4.78, 5) is 24.5. The molecule has 4 atom stereocenters. The van der Waals surface area contributed by atoms with Crippen molar-refractivity contribution in [2.24, 2.45) is 0 Å². The maximum absolute atomic E-state index is 11.6. The van der Waals surface area contributed by atoms with Crippen LogP contribution >= 0.6 is 0 Å². The zero-order valence-electron chi connectivity index (χ0n) is 10.3. The molecule has 1 aliphatic heterocycles. The molecule has 0 spiro atoms. The molecule has 1 aliphatic rings. The van der Waals surface area contributed by atoms with E-state index in [0.29, 0.717) is 0 Å². The van der Waals surface area contributed by atoms with Gasteiger partial charge in [0.1, 0.15) is 18.3 Å². The topological polar surface area (TPSA) is 168 Å². The predicted octanol–water partition coefficient (Wildman–Crippen LogP) is -3.02. The van der Waals surface area contributed by atoms with E-state index in [0.717, 1.165) is 16.8 Å². The number of nitrogens with one attached hydrogen (secondary N) is 1. The highest BCUT2D eigenvalue weighted by molar-refractivity contribution is 7.80. The van der Waals surface area contributed by atoms with Gasteiger partial charge in [0.05, 0.1) is 6.61 Å². The van der Waals surface area contributed by atoms with Crippen LogP contribution in [-0.4, -0.2) is 57.7 Å². The summed E-state index contributed by atoms with van der Waals surface area (Å²) in [5, 5.41) is 19.1. The molecule has 2 heterocycles. The summed E-state index contributed by atoms with van der Waals surface area (Å²) in [5.41, 5.74) is -1.58. The quantitative estimate of drug-likeness (QED) is 0.421. The van der Waals surface area contributed by atoms with E-state index < -0.39 is 52.8 Å². The molecule has 0 aromatic carbocycles. The van der Waals surface area contributed by atoms with Crippen LogP contribution < -0.4 is 11.2 Å². The second kappa shape index (κ2) is 5.67. The fraction of sp³-hybridized carbons (Fsp3) is 0.556. The lowest BCUT2D eigenvalue weighted by molar-refractivity contribution is -0.0545. The number of H-pyrrole nitrogens is 1. The fourth-order valence-corrected chi connectivity index (χ4v) is 2.50. The molecule has 118 valence electrons. The van der Waals surface area contributed by atoms with E-state index in [1.54, 1.807) is 0 Å². The third-order valence-corrected chi connectivity index (χ3v) is 3.31. The number of aliphatic hydroxyl groups is 2. The Morgan fingerprint density at radius 1 is 1.43 bits per heavy atom. The van der Waals surface area contributed by atoms with Crippen LogP contribution in [0.3, 0.4) is 0 Å². The number of aliphatic hydroxyl groups excluding tert-OH is 2. The van der Waals surface area contributed by atoms with Gasteiger partial charge in [-0.3, -0.25) is 18.9 Å². The molecule has 1 unspecified atom stereocenters. The van der Waals surface area contributed by atoms with Crippen LogP contribution in [0.15, 0.2) is 21.9 Å².